The maximum Gasteiger partial charge on any atom is 0.233 e. The fourth-order valence-corrected chi connectivity index (χ4v) is 3.45. The maximum absolute atomic E-state index is 12.5. The number of nitrogens with one attached hydrogen (secondary N) is 1. The number of likely N-dealkylation sites (tertiary alicyclic amines) is 1. The highest BCUT2D eigenvalue weighted by Crippen LogP contribution is 2.31. The first-order chi connectivity index (χ1) is 9.54. The summed E-state index contributed by atoms with van der Waals surface area (Å²) in [6, 6.07) is 0. The molecule has 1 atom stereocenters. The van der Waals surface area contributed by atoms with Crippen LogP contribution in [-0.4, -0.2) is 55.7 Å². The smallest absolute Gasteiger partial charge is 0.233 e. The van der Waals surface area contributed by atoms with E-state index in [1.54, 1.807) is 0 Å². The summed E-state index contributed by atoms with van der Waals surface area (Å²) in [5.74, 6) is 0.516. The van der Waals surface area contributed by atoms with E-state index in [1.165, 1.54) is 12.8 Å². The number of hydrogen-bond acceptors (Lipinski definition) is 4. The second-order valence-electron chi connectivity index (χ2n) is 6.04. The molecular weight excluding hydrogens is 274 g/mol. The van der Waals surface area contributed by atoms with Crippen LogP contribution >= 0.6 is 12.2 Å². The molecule has 2 fully saturated rings. The zero-order valence-corrected chi connectivity index (χ0v) is 13.0. The molecule has 2 aliphatic heterocycles. The highest BCUT2D eigenvalue weighted by Gasteiger charge is 2.43. The van der Waals surface area contributed by atoms with Gasteiger partial charge >= 0.3 is 0 Å². The quantitative estimate of drug-likeness (QED) is 0.741. The fourth-order valence-electron chi connectivity index (χ4n) is 3.15. The SMILES string of the molecule is CN1CCCC(CNC(=O)C2(C(N)=S)CCOCC2)C1. The molecule has 0 spiro atoms. The van der Waals surface area contributed by atoms with E-state index in [4.69, 9.17) is 22.7 Å². The Bertz CT molecular complexity index is 369. The Morgan fingerprint density at radius 3 is 2.80 bits per heavy atom. The Balaban J connectivity index is 1.90. The normalized spacial score (nSPS) is 26.9. The van der Waals surface area contributed by atoms with E-state index in [9.17, 15) is 4.79 Å². The molecule has 0 aromatic carbocycles. The molecule has 6 heteroatoms. The van der Waals surface area contributed by atoms with E-state index >= 15 is 0 Å². The molecule has 0 aromatic rings. The molecule has 2 saturated heterocycles. The Morgan fingerprint density at radius 2 is 2.20 bits per heavy atom. The Hall–Kier alpha value is -0.720. The molecule has 5 nitrogen and oxygen atoms in total. The van der Waals surface area contributed by atoms with Crippen molar-refractivity contribution in [1.82, 2.24) is 10.2 Å². The summed E-state index contributed by atoms with van der Waals surface area (Å²) in [5, 5.41) is 3.08. The largest absolute Gasteiger partial charge is 0.392 e. The number of thiocarbonyl (C=S) groups is 1. The highest BCUT2D eigenvalue weighted by molar-refractivity contribution is 7.80. The van der Waals surface area contributed by atoms with Gasteiger partial charge in [-0.25, -0.2) is 0 Å². The van der Waals surface area contributed by atoms with Gasteiger partial charge in [-0.2, -0.15) is 0 Å². The third-order valence-corrected chi connectivity index (χ3v) is 4.92. The molecule has 1 amide bonds. The van der Waals surface area contributed by atoms with Crippen molar-refractivity contribution >= 4 is 23.1 Å². The fraction of sp³-hybridized carbons (Fsp3) is 0.857. The van der Waals surface area contributed by atoms with Crippen LogP contribution < -0.4 is 11.1 Å². The number of amides is 1. The van der Waals surface area contributed by atoms with E-state index in [1.807, 2.05) is 0 Å². The minimum Gasteiger partial charge on any atom is -0.392 e. The van der Waals surface area contributed by atoms with Crippen LogP contribution in [0.1, 0.15) is 25.7 Å². The van der Waals surface area contributed by atoms with Gasteiger partial charge in [0.2, 0.25) is 5.91 Å². The van der Waals surface area contributed by atoms with Crippen molar-refractivity contribution in [3.8, 4) is 0 Å². The molecule has 3 N–H and O–H groups in total. The summed E-state index contributed by atoms with van der Waals surface area (Å²) in [6.07, 6.45) is 3.57. The zero-order valence-electron chi connectivity index (χ0n) is 12.2. The summed E-state index contributed by atoms with van der Waals surface area (Å²) < 4.78 is 5.33. The van der Waals surface area contributed by atoms with Gasteiger partial charge in [0.05, 0.1) is 4.99 Å². The molecule has 114 valence electrons. The Labute approximate surface area is 126 Å². The molecule has 20 heavy (non-hydrogen) atoms. The summed E-state index contributed by atoms with van der Waals surface area (Å²) in [7, 11) is 2.13. The lowest BCUT2D eigenvalue weighted by Crippen LogP contribution is -2.53. The van der Waals surface area contributed by atoms with Crippen molar-refractivity contribution in [1.29, 1.82) is 0 Å². The van der Waals surface area contributed by atoms with E-state index in [0.717, 1.165) is 13.1 Å². The summed E-state index contributed by atoms with van der Waals surface area (Å²) >= 11 is 5.15. The van der Waals surface area contributed by atoms with Gasteiger partial charge in [0.15, 0.2) is 0 Å². The van der Waals surface area contributed by atoms with Crippen molar-refractivity contribution in [2.75, 3.05) is 39.9 Å². The second-order valence-corrected chi connectivity index (χ2v) is 6.48. The van der Waals surface area contributed by atoms with E-state index < -0.39 is 5.41 Å². The van der Waals surface area contributed by atoms with Crippen LogP contribution in [0.2, 0.25) is 0 Å². The third kappa shape index (κ3) is 3.48. The van der Waals surface area contributed by atoms with Gasteiger partial charge in [0.25, 0.3) is 0 Å². The van der Waals surface area contributed by atoms with Crippen LogP contribution in [-0.2, 0) is 9.53 Å². The molecule has 0 aromatic heterocycles. The van der Waals surface area contributed by atoms with Crippen LogP contribution in [0.25, 0.3) is 0 Å². The third-order valence-electron chi connectivity index (χ3n) is 4.53. The maximum atomic E-state index is 12.5. The molecular formula is C14H25N3O2S. The van der Waals surface area contributed by atoms with Gasteiger partial charge in [0.1, 0.15) is 5.41 Å². The van der Waals surface area contributed by atoms with E-state index in [0.29, 0.717) is 43.5 Å². The average Bonchev–Trinajstić information content (AvgIpc) is 2.45. The summed E-state index contributed by atoms with van der Waals surface area (Å²) in [5.41, 5.74) is 5.14. The van der Waals surface area contributed by atoms with Crippen molar-refractivity contribution in [2.45, 2.75) is 25.7 Å². The number of carbonyl (C=O) groups excluding carboxylic acids is 1. The van der Waals surface area contributed by atoms with E-state index in [2.05, 4.69) is 17.3 Å². The predicted octanol–water partition coefficient (Wildman–Crippen LogP) is 0.527. The van der Waals surface area contributed by atoms with Crippen molar-refractivity contribution < 1.29 is 9.53 Å². The first kappa shape index (κ1) is 15.7. The molecule has 2 heterocycles. The van der Waals surface area contributed by atoms with Crippen LogP contribution in [0.5, 0.6) is 0 Å². The lowest BCUT2D eigenvalue weighted by atomic mass is 9.79. The van der Waals surface area contributed by atoms with Crippen LogP contribution in [0.3, 0.4) is 0 Å². The molecule has 0 bridgehead atoms. The van der Waals surface area contributed by atoms with Crippen molar-refractivity contribution in [3.05, 3.63) is 0 Å². The number of hydrogen-bond donors (Lipinski definition) is 2. The lowest BCUT2D eigenvalue weighted by Gasteiger charge is -2.36. The van der Waals surface area contributed by atoms with Crippen molar-refractivity contribution in [2.24, 2.45) is 17.1 Å². The van der Waals surface area contributed by atoms with Gasteiger partial charge in [-0.1, -0.05) is 12.2 Å². The number of carbonyl (C=O) groups is 1. The molecule has 1 unspecified atom stereocenters. The first-order valence-corrected chi connectivity index (χ1v) is 7.80. The Morgan fingerprint density at radius 1 is 1.50 bits per heavy atom. The standard InChI is InChI=1S/C14H25N3O2S/c1-17-6-2-3-11(10-17)9-16-13(18)14(12(15)20)4-7-19-8-5-14/h11H,2-10H2,1H3,(H2,15,20)(H,16,18). The predicted molar refractivity (Wildman–Crippen MR) is 82.5 cm³/mol. The Kier molecular flexibility index (Phi) is 5.35. The minimum absolute atomic E-state index is 0.0125. The number of nitrogens with two attached hydrogens (primary N) is 1. The van der Waals surface area contributed by atoms with Crippen LogP contribution in [0.15, 0.2) is 0 Å². The summed E-state index contributed by atoms with van der Waals surface area (Å²) in [6.45, 7) is 4.02. The van der Waals surface area contributed by atoms with Gasteiger partial charge in [0, 0.05) is 26.3 Å². The monoisotopic (exact) mass is 299 g/mol. The molecule has 0 aliphatic carbocycles. The number of rotatable bonds is 4. The highest BCUT2D eigenvalue weighted by atomic mass is 32.1. The second kappa shape index (κ2) is 6.83. The molecule has 2 rings (SSSR count). The average molecular weight is 299 g/mol. The number of piperidine rings is 1. The zero-order chi connectivity index (χ0) is 14.6. The van der Waals surface area contributed by atoms with Gasteiger partial charge in [-0.15, -0.1) is 0 Å². The molecule has 0 saturated carbocycles. The minimum atomic E-state index is -0.700. The van der Waals surface area contributed by atoms with Gasteiger partial charge in [-0.05, 0) is 45.2 Å². The molecule has 2 aliphatic rings. The summed E-state index contributed by atoms with van der Waals surface area (Å²) in [4.78, 5) is 15.2. The molecule has 0 radical (unpaired) electrons. The van der Waals surface area contributed by atoms with Crippen LogP contribution in [0.4, 0.5) is 0 Å². The lowest BCUT2D eigenvalue weighted by molar-refractivity contribution is -0.131. The van der Waals surface area contributed by atoms with E-state index in [-0.39, 0.29) is 5.91 Å². The topological polar surface area (TPSA) is 67.6 Å². The van der Waals surface area contributed by atoms with Gasteiger partial charge < -0.3 is 20.7 Å². The number of ether oxygens (including phenoxy) is 1. The first-order valence-electron chi connectivity index (χ1n) is 7.39. The van der Waals surface area contributed by atoms with Crippen LogP contribution in [0, 0.1) is 11.3 Å². The number of nitrogens with zero attached hydrogens (tertiary/aromatic N) is 1. The van der Waals surface area contributed by atoms with Gasteiger partial charge in [-0.3, -0.25) is 4.79 Å². The van der Waals surface area contributed by atoms with Crippen molar-refractivity contribution in [3.63, 3.8) is 0 Å².